The molecule has 0 saturated heterocycles. The molecule has 0 aromatic carbocycles. The van der Waals surface area contributed by atoms with E-state index < -0.39 is 0 Å². The predicted molar refractivity (Wildman–Crippen MR) is 87.4 cm³/mol. The quantitative estimate of drug-likeness (QED) is 0.530. The zero-order chi connectivity index (χ0) is 12.6. The molecule has 0 aliphatic rings. The molecule has 0 aromatic heterocycles. The summed E-state index contributed by atoms with van der Waals surface area (Å²) in [7, 11) is 3.30. The summed E-state index contributed by atoms with van der Waals surface area (Å²) < 4.78 is 2.04. The number of hydrogen-bond donors (Lipinski definition) is 0. The molecule has 0 rings (SSSR count). The maximum absolute atomic E-state index is 5.42. The smallest absolute Gasteiger partial charge is 0.147 e. The third-order valence-corrected chi connectivity index (χ3v) is 6.50. The molecule has 94 valence electrons. The Hall–Kier alpha value is 0.680. The van der Waals surface area contributed by atoms with E-state index >= 15 is 0 Å². The van der Waals surface area contributed by atoms with Crippen molar-refractivity contribution >= 4 is 54.5 Å². The summed E-state index contributed by atoms with van der Waals surface area (Å²) in [4.78, 5) is 2.18. The third kappa shape index (κ3) is 5.84. The summed E-state index contributed by atoms with van der Waals surface area (Å²) in [6.07, 6.45) is 2.25. The van der Waals surface area contributed by atoms with Crippen molar-refractivity contribution in [1.82, 2.24) is 4.90 Å². The zero-order valence-corrected chi connectivity index (χ0v) is 13.8. The molecule has 0 amide bonds. The summed E-state index contributed by atoms with van der Waals surface area (Å²) in [5.41, 5.74) is 0. The van der Waals surface area contributed by atoms with E-state index in [1.54, 1.807) is 21.6 Å². The van der Waals surface area contributed by atoms with Crippen molar-refractivity contribution in [2.24, 2.45) is 5.92 Å². The molecule has 5 heteroatoms. The average Bonchev–Trinajstić information content (AvgIpc) is 2.29. The molecule has 0 unspecified atom stereocenters. The van der Waals surface area contributed by atoms with Gasteiger partial charge in [-0.2, -0.15) is 0 Å². The molecule has 0 N–H and O–H groups in total. The van der Waals surface area contributed by atoms with E-state index in [0.29, 0.717) is 5.92 Å². The molecular weight excluding hydrogens is 274 g/mol. The Kier molecular flexibility index (Phi) is 10.1. The minimum atomic E-state index is 0.548. The molecule has 0 atom stereocenters. The van der Waals surface area contributed by atoms with E-state index in [4.69, 9.17) is 24.4 Å². The highest BCUT2D eigenvalue weighted by atomic mass is 33.1. The van der Waals surface area contributed by atoms with Crippen molar-refractivity contribution in [2.75, 3.05) is 13.1 Å². The summed E-state index contributed by atoms with van der Waals surface area (Å²) in [5, 5.41) is 0. The minimum absolute atomic E-state index is 0.548. The van der Waals surface area contributed by atoms with Crippen LogP contribution in [-0.4, -0.2) is 26.5 Å². The minimum Gasteiger partial charge on any atom is -0.357 e. The van der Waals surface area contributed by atoms with Crippen LogP contribution >= 0.6 is 46.0 Å². The van der Waals surface area contributed by atoms with Crippen LogP contribution < -0.4 is 0 Å². The number of hydrogen-bond acceptors (Lipinski definition) is 4. The van der Waals surface area contributed by atoms with Gasteiger partial charge < -0.3 is 4.90 Å². The van der Waals surface area contributed by atoms with Crippen molar-refractivity contribution in [1.29, 1.82) is 0 Å². The Balaban J connectivity index is 4.04. The molecule has 0 radical (unpaired) electrons. The summed E-state index contributed by atoms with van der Waals surface area (Å²) >= 11 is 10.8. The van der Waals surface area contributed by atoms with Crippen LogP contribution in [0.25, 0.3) is 0 Å². The van der Waals surface area contributed by atoms with Crippen molar-refractivity contribution in [3.05, 3.63) is 0 Å². The van der Waals surface area contributed by atoms with Gasteiger partial charge in [-0.25, -0.2) is 0 Å². The van der Waals surface area contributed by atoms with Gasteiger partial charge in [0.15, 0.2) is 0 Å². The topological polar surface area (TPSA) is 3.24 Å². The van der Waals surface area contributed by atoms with Gasteiger partial charge in [0.2, 0.25) is 0 Å². The first-order chi connectivity index (χ1) is 7.60. The van der Waals surface area contributed by atoms with Gasteiger partial charge in [0.1, 0.15) is 4.32 Å². The summed E-state index contributed by atoms with van der Waals surface area (Å²) in [6, 6.07) is 0. The lowest BCUT2D eigenvalue weighted by Gasteiger charge is -2.21. The normalized spacial score (nSPS) is 10.6. The highest BCUT2D eigenvalue weighted by molar-refractivity contribution is 8.89. The first-order valence-corrected chi connectivity index (χ1v) is 8.74. The summed E-state index contributed by atoms with van der Waals surface area (Å²) in [6.45, 7) is 10.6. The fraction of sp³-hybridized carbons (Fsp3) is 0.818. The van der Waals surface area contributed by atoms with Gasteiger partial charge in [-0.05, 0) is 48.3 Å². The Bertz CT molecular complexity index is 198. The van der Waals surface area contributed by atoms with E-state index in [1.807, 2.05) is 0 Å². The van der Waals surface area contributed by atoms with Gasteiger partial charge >= 0.3 is 0 Å². The lowest BCUT2D eigenvalue weighted by atomic mass is 10.1. The first-order valence-electron chi connectivity index (χ1n) is 5.77. The fourth-order valence-corrected chi connectivity index (χ4v) is 4.68. The highest BCUT2D eigenvalue weighted by Crippen LogP contribution is 2.31. The monoisotopic (exact) mass is 295 g/mol. The van der Waals surface area contributed by atoms with E-state index in [-0.39, 0.29) is 0 Å². The van der Waals surface area contributed by atoms with Crippen LogP contribution in [0, 0.1) is 5.92 Å². The van der Waals surface area contributed by atoms with Crippen LogP contribution in [0.1, 0.15) is 40.5 Å². The Labute approximate surface area is 119 Å². The molecule has 0 fully saturated rings. The largest absolute Gasteiger partial charge is 0.357 e. The predicted octanol–water partition coefficient (Wildman–Crippen LogP) is 4.76. The fourth-order valence-electron chi connectivity index (χ4n) is 1.30. The van der Waals surface area contributed by atoms with Crippen LogP contribution in [0.15, 0.2) is 0 Å². The van der Waals surface area contributed by atoms with Crippen LogP contribution in [0.2, 0.25) is 0 Å². The summed E-state index contributed by atoms with van der Waals surface area (Å²) in [5.74, 6) is 0.548. The first kappa shape index (κ1) is 16.7. The number of thiocarbonyl (C=S) groups is 2. The van der Waals surface area contributed by atoms with Crippen molar-refractivity contribution in [3.8, 4) is 0 Å². The second kappa shape index (κ2) is 9.68. The van der Waals surface area contributed by atoms with E-state index in [1.165, 1.54) is 0 Å². The molecule has 0 spiro atoms. The van der Waals surface area contributed by atoms with Crippen molar-refractivity contribution in [3.63, 3.8) is 0 Å². The van der Waals surface area contributed by atoms with Gasteiger partial charge in [-0.15, -0.1) is 0 Å². The van der Waals surface area contributed by atoms with Gasteiger partial charge in [-0.1, -0.05) is 38.3 Å². The van der Waals surface area contributed by atoms with Gasteiger partial charge in [-0.3, -0.25) is 0 Å². The third-order valence-electron chi connectivity index (χ3n) is 2.54. The van der Waals surface area contributed by atoms with Crippen LogP contribution in [0.4, 0.5) is 0 Å². The van der Waals surface area contributed by atoms with E-state index in [2.05, 4.69) is 32.6 Å². The number of rotatable bonds is 5. The second-order valence-corrected chi connectivity index (χ2v) is 6.94. The molecule has 0 aliphatic heterocycles. The van der Waals surface area contributed by atoms with Crippen molar-refractivity contribution < 1.29 is 0 Å². The molecule has 16 heavy (non-hydrogen) atoms. The lowest BCUT2D eigenvalue weighted by molar-refractivity contribution is 0.482. The number of nitrogens with zero attached hydrogens (tertiary/aromatic N) is 1. The van der Waals surface area contributed by atoms with Gasteiger partial charge in [0.05, 0.1) is 4.20 Å². The van der Waals surface area contributed by atoms with E-state index in [0.717, 1.165) is 34.4 Å². The lowest BCUT2D eigenvalue weighted by Crippen LogP contribution is -2.26. The molecular formula is C11H21NS4. The van der Waals surface area contributed by atoms with E-state index in [9.17, 15) is 0 Å². The molecule has 0 saturated carbocycles. The molecule has 0 bridgehead atoms. The Morgan fingerprint density at radius 3 is 1.88 bits per heavy atom. The van der Waals surface area contributed by atoms with Crippen LogP contribution in [0.5, 0.6) is 0 Å². The zero-order valence-electron chi connectivity index (χ0n) is 10.5. The maximum atomic E-state index is 5.42. The molecule has 1 nitrogen and oxygen atoms in total. The molecule has 0 heterocycles. The second-order valence-electron chi connectivity index (χ2n) is 3.44. The van der Waals surface area contributed by atoms with Crippen LogP contribution in [0.3, 0.4) is 0 Å². The average molecular weight is 296 g/mol. The van der Waals surface area contributed by atoms with Crippen molar-refractivity contribution in [2.45, 2.75) is 40.5 Å². The SMILES string of the molecule is CCC(CC)C(=S)SSC(=S)N(CC)CC. The van der Waals surface area contributed by atoms with Crippen LogP contribution in [-0.2, 0) is 0 Å². The molecule has 0 aliphatic carbocycles. The Morgan fingerprint density at radius 2 is 1.50 bits per heavy atom. The standard InChI is InChI=1S/C11H21NS4/c1-5-9(6-2)10(13)15-16-11(14)12(7-3)8-4/h9H,5-8H2,1-4H3. The van der Waals surface area contributed by atoms with Gasteiger partial charge in [0, 0.05) is 19.0 Å². The highest BCUT2D eigenvalue weighted by Gasteiger charge is 2.13. The van der Waals surface area contributed by atoms with Gasteiger partial charge in [0.25, 0.3) is 0 Å². The maximum Gasteiger partial charge on any atom is 0.147 e. The Morgan fingerprint density at radius 1 is 1.00 bits per heavy atom. The molecule has 0 aromatic rings.